The highest BCUT2D eigenvalue weighted by Gasteiger charge is 2.30. The summed E-state index contributed by atoms with van der Waals surface area (Å²) in [6, 6.07) is 12.2. The summed E-state index contributed by atoms with van der Waals surface area (Å²) in [6.45, 7) is -0.0497. The molecule has 0 amide bonds. The molecule has 0 unspecified atom stereocenters. The van der Waals surface area contributed by atoms with E-state index in [0.29, 0.717) is 26.6 Å². The van der Waals surface area contributed by atoms with Crippen LogP contribution in [0.2, 0.25) is 0 Å². The molecule has 3 aromatic rings. The van der Waals surface area contributed by atoms with Crippen molar-refractivity contribution in [2.45, 2.75) is 12.8 Å². The fourth-order valence-corrected chi connectivity index (χ4v) is 2.71. The molecule has 0 aliphatic heterocycles. The predicted molar refractivity (Wildman–Crippen MR) is 98.4 cm³/mol. The van der Waals surface area contributed by atoms with Gasteiger partial charge in [-0.15, -0.1) is 0 Å². The van der Waals surface area contributed by atoms with E-state index in [4.69, 9.17) is 4.74 Å². The minimum absolute atomic E-state index is 0.0497. The van der Waals surface area contributed by atoms with Gasteiger partial charge in [-0.05, 0) is 47.9 Å². The summed E-state index contributed by atoms with van der Waals surface area (Å²) in [4.78, 5) is 15.1. The van der Waals surface area contributed by atoms with Crippen LogP contribution in [-0.2, 0) is 17.5 Å². The third kappa shape index (κ3) is 4.31. The summed E-state index contributed by atoms with van der Waals surface area (Å²) < 4.78 is 44.2. The van der Waals surface area contributed by atoms with Gasteiger partial charge in [-0.2, -0.15) is 13.2 Å². The molecule has 0 aliphatic carbocycles. The van der Waals surface area contributed by atoms with Crippen LogP contribution in [0.3, 0.4) is 0 Å². The number of aromatic nitrogens is 1. The molecule has 0 radical (unpaired) electrons. The van der Waals surface area contributed by atoms with Gasteiger partial charge in [0.25, 0.3) is 0 Å². The van der Waals surface area contributed by atoms with Gasteiger partial charge in [0.05, 0.1) is 38.0 Å². The van der Waals surface area contributed by atoms with Crippen molar-refractivity contribution in [3.05, 3.63) is 65.4 Å². The van der Waals surface area contributed by atoms with E-state index in [-0.39, 0.29) is 6.61 Å². The van der Waals surface area contributed by atoms with E-state index in [1.54, 1.807) is 18.2 Å². The number of rotatable bonds is 4. The minimum Gasteiger partial charge on any atom is -0.456 e. The molecule has 0 aliphatic rings. The van der Waals surface area contributed by atoms with Gasteiger partial charge in [-0.1, -0.05) is 6.07 Å². The second-order valence-electron chi connectivity index (χ2n) is 7.23. The van der Waals surface area contributed by atoms with E-state index in [1.807, 2.05) is 33.3 Å². The molecular weight excluding hydrogens is 357 g/mol. The number of esters is 1. The van der Waals surface area contributed by atoms with Crippen molar-refractivity contribution in [2.75, 3.05) is 21.1 Å². The van der Waals surface area contributed by atoms with Gasteiger partial charge in [-0.25, -0.2) is 4.79 Å². The molecular formula is C20H20F3N2O2+. The van der Waals surface area contributed by atoms with Gasteiger partial charge in [0.2, 0.25) is 0 Å². The van der Waals surface area contributed by atoms with Gasteiger partial charge in [0, 0.05) is 5.52 Å². The maximum Gasteiger partial charge on any atom is 0.416 e. The zero-order valence-corrected chi connectivity index (χ0v) is 15.2. The first kappa shape index (κ1) is 19.0. The van der Waals surface area contributed by atoms with Crippen LogP contribution in [0, 0.1) is 0 Å². The predicted octanol–water partition coefficient (Wildman–Crippen LogP) is 4.74. The lowest BCUT2D eigenvalue weighted by atomic mass is 10.1. The molecule has 27 heavy (non-hydrogen) atoms. The third-order valence-corrected chi connectivity index (χ3v) is 4.24. The number of hydrogen-bond donors (Lipinski definition) is 1. The van der Waals surface area contributed by atoms with Crippen molar-refractivity contribution in [2.24, 2.45) is 0 Å². The molecule has 0 spiro atoms. The van der Waals surface area contributed by atoms with Crippen LogP contribution in [-0.4, -0.2) is 32.1 Å². The molecule has 0 fully saturated rings. The Bertz CT molecular complexity index is 968. The van der Waals surface area contributed by atoms with Gasteiger partial charge >= 0.3 is 12.1 Å². The Balaban J connectivity index is 1.70. The van der Waals surface area contributed by atoms with E-state index in [0.717, 1.165) is 17.8 Å². The quantitative estimate of drug-likeness (QED) is 0.527. The smallest absolute Gasteiger partial charge is 0.416 e. The van der Waals surface area contributed by atoms with Crippen molar-refractivity contribution in [1.82, 2.24) is 9.47 Å². The van der Waals surface area contributed by atoms with E-state index in [2.05, 4.69) is 4.98 Å². The maximum absolute atomic E-state index is 12.8. The van der Waals surface area contributed by atoms with Crippen LogP contribution in [0.4, 0.5) is 18.9 Å². The molecule has 3 rings (SSSR count). The highest BCUT2D eigenvalue weighted by atomic mass is 19.4. The summed E-state index contributed by atoms with van der Waals surface area (Å²) >= 11 is 0. The highest BCUT2D eigenvalue weighted by Crippen LogP contribution is 2.31. The zero-order chi connectivity index (χ0) is 19.8. The Kier molecular flexibility index (Phi) is 4.73. The minimum atomic E-state index is -4.40. The summed E-state index contributed by atoms with van der Waals surface area (Å²) in [6.07, 6.45) is -4.40. The molecule has 4 nitrogen and oxygen atoms in total. The number of ether oxygens (including phenoxy) is 1. The standard InChI is InChI=1S/C20H20F3N2O2/c1-25(2,3)17-8-5-13(6-9-17)19(26)27-12-16-10-14-4-7-15(20(21,22)23)11-18(14)24-16/h4-11,24H,12H2,1-3H3/q+1. The number of hydrogen-bond acceptors (Lipinski definition) is 2. The Morgan fingerprint density at radius 1 is 1.04 bits per heavy atom. The molecule has 0 saturated carbocycles. The van der Waals surface area contributed by atoms with E-state index in [1.165, 1.54) is 6.07 Å². The van der Waals surface area contributed by atoms with Crippen molar-refractivity contribution in [1.29, 1.82) is 0 Å². The number of aromatic amines is 1. The Labute approximate surface area is 154 Å². The first-order valence-corrected chi connectivity index (χ1v) is 8.32. The molecule has 1 N–H and O–H groups in total. The Morgan fingerprint density at radius 3 is 2.30 bits per heavy atom. The molecule has 0 atom stereocenters. The number of fused-ring (bicyclic) bond motifs is 1. The van der Waals surface area contributed by atoms with Crippen LogP contribution in [0.15, 0.2) is 48.5 Å². The lowest BCUT2D eigenvalue weighted by molar-refractivity contribution is -0.137. The number of H-pyrrole nitrogens is 1. The molecule has 1 heterocycles. The summed E-state index contributed by atoms with van der Waals surface area (Å²) in [5, 5.41) is 0.626. The van der Waals surface area contributed by atoms with Crippen molar-refractivity contribution in [3.63, 3.8) is 0 Å². The number of quaternary nitrogens is 1. The van der Waals surface area contributed by atoms with Crippen molar-refractivity contribution in [3.8, 4) is 0 Å². The largest absolute Gasteiger partial charge is 0.456 e. The van der Waals surface area contributed by atoms with E-state index < -0.39 is 17.7 Å². The zero-order valence-electron chi connectivity index (χ0n) is 15.2. The third-order valence-electron chi connectivity index (χ3n) is 4.24. The number of nitrogens with one attached hydrogen (secondary N) is 1. The Morgan fingerprint density at radius 2 is 1.70 bits per heavy atom. The second-order valence-corrected chi connectivity index (χ2v) is 7.23. The molecule has 2 aromatic carbocycles. The maximum atomic E-state index is 12.8. The summed E-state index contributed by atoms with van der Waals surface area (Å²) in [7, 11) is 6.06. The second kappa shape index (κ2) is 6.74. The lowest BCUT2D eigenvalue weighted by Gasteiger charge is -2.23. The number of nitrogens with zero attached hydrogens (tertiary/aromatic N) is 1. The van der Waals surface area contributed by atoms with Crippen LogP contribution in [0.5, 0.6) is 0 Å². The molecule has 7 heteroatoms. The van der Waals surface area contributed by atoms with Crippen molar-refractivity contribution >= 4 is 22.6 Å². The molecule has 0 saturated heterocycles. The van der Waals surface area contributed by atoms with E-state index in [9.17, 15) is 18.0 Å². The molecule has 1 aromatic heterocycles. The number of carbonyl (C=O) groups is 1. The van der Waals surface area contributed by atoms with Gasteiger partial charge < -0.3 is 9.72 Å². The first-order valence-electron chi connectivity index (χ1n) is 8.32. The number of carbonyl (C=O) groups excluding carboxylic acids is 1. The topological polar surface area (TPSA) is 42.1 Å². The Hall–Kier alpha value is -2.80. The van der Waals surface area contributed by atoms with Crippen LogP contribution in [0.1, 0.15) is 21.6 Å². The van der Waals surface area contributed by atoms with Crippen LogP contribution in [0.25, 0.3) is 10.9 Å². The average molecular weight is 377 g/mol. The normalized spacial score (nSPS) is 12.4. The fraction of sp³-hybridized carbons (Fsp3) is 0.250. The SMILES string of the molecule is C[N+](C)(C)c1ccc(C(=O)OCc2cc3ccc(C(F)(F)F)cc3[nH]2)cc1. The molecule has 0 bridgehead atoms. The van der Waals surface area contributed by atoms with Crippen LogP contribution >= 0.6 is 0 Å². The molecule has 142 valence electrons. The highest BCUT2D eigenvalue weighted by molar-refractivity contribution is 5.89. The summed E-state index contributed by atoms with van der Waals surface area (Å²) in [5.41, 5.74) is 1.62. The fourth-order valence-electron chi connectivity index (χ4n) is 2.71. The van der Waals surface area contributed by atoms with Gasteiger partial charge in [0.15, 0.2) is 0 Å². The van der Waals surface area contributed by atoms with E-state index >= 15 is 0 Å². The number of benzene rings is 2. The number of halogens is 3. The lowest BCUT2D eigenvalue weighted by Crippen LogP contribution is -2.34. The average Bonchev–Trinajstić information content (AvgIpc) is 3.00. The van der Waals surface area contributed by atoms with Gasteiger partial charge in [-0.3, -0.25) is 4.48 Å². The number of alkyl halides is 3. The first-order chi connectivity index (χ1) is 12.5. The van der Waals surface area contributed by atoms with Gasteiger partial charge in [0.1, 0.15) is 12.3 Å². The summed E-state index contributed by atoms with van der Waals surface area (Å²) in [5.74, 6) is -0.488. The van der Waals surface area contributed by atoms with Crippen LogP contribution < -0.4 is 4.48 Å². The van der Waals surface area contributed by atoms with Crippen molar-refractivity contribution < 1.29 is 22.7 Å². The monoisotopic (exact) mass is 377 g/mol.